The van der Waals surface area contributed by atoms with Crippen LogP contribution < -0.4 is 10.6 Å². The van der Waals surface area contributed by atoms with Gasteiger partial charge in [0.05, 0.1) is 17.2 Å². The number of amides is 1. The average Bonchev–Trinajstić information content (AvgIpc) is 2.22. The summed E-state index contributed by atoms with van der Waals surface area (Å²) in [4.78, 5) is 11.8. The fourth-order valence-electron chi connectivity index (χ4n) is 1.53. The zero-order valence-corrected chi connectivity index (χ0v) is 10.7. The molecular weight excluding hydrogens is 313 g/mol. The largest absolute Gasteiger partial charge is 0.416 e. The number of alkyl halides is 3. The van der Waals surface area contributed by atoms with Gasteiger partial charge in [0.25, 0.3) is 5.91 Å². The number of hydrogen-bond donors (Lipinski definition) is 2. The molecular formula is C11H10BrF3N2O. The van der Waals surface area contributed by atoms with Gasteiger partial charge in [-0.15, -0.1) is 0 Å². The fourth-order valence-corrected chi connectivity index (χ4v) is 1.96. The van der Waals surface area contributed by atoms with Crippen molar-refractivity contribution < 1.29 is 18.0 Å². The summed E-state index contributed by atoms with van der Waals surface area (Å²) in [6.07, 6.45) is -4.45. The van der Waals surface area contributed by atoms with Crippen LogP contribution in [0.15, 0.2) is 22.7 Å². The number of nitrogens with one attached hydrogen (secondary N) is 2. The molecule has 2 N–H and O–H groups in total. The van der Waals surface area contributed by atoms with Crippen molar-refractivity contribution in [3.8, 4) is 0 Å². The Labute approximate surface area is 110 Å². The number of carbonyl (C=O) groups is 1. The predicted octanol–water partition coefficient (Wildman–Crippen LogP) is 2.17. The van der Waals surface area contributed by atoms with Crippen LogP contribution in [-0.4, -0.2) is 25.0 Å². The zero-order valence-electron chi connectivity index (χ0n) is 9.14. The van der Waals surface area contributed by atoms with Crippen LogP contribution in [0.4, 0.5) is 13.2 Å². The lowest BCUT2D eigenvalue weighted by atomic mass is 10.1. The van der Waals surface area contributed by atoms with Crippen LogP contribution in [-0.2, 0) is 6.18 Å². The Kier molecular flexibility index (Phi) is 3.63. The van der Waals surface area contributed by atoms with E-state index in [2.05, 4.69) is 26.6 Å². The molecule has 1 aliphatic heterocycles. The van der Waals surface area contributed by atoms with Gasteiger partial charge in [0.1, 0.15) is 0 Å². The third-order valence-electron chi connectivity index (χ3n) is 2.66. The molecule has 0 aliphatic carbocycles. The Morgan fingerprint density at radius 1 is 1.39 bits per heavy atom. The molecule has 1 aromatic carbocycles. The van der Waals surface area contributed by atoms with Gasteiger partial charge in [-0.05, 0) is 34.1 Å². The Morgan fingerprint density at radius 3 is 2.56 bits per heavy atom. The van der Waals surface area contributed by atoms with Crippen molar-refractivity contribution >= 4 is 21.8 Å². The van der Waals surface area contributed by atoms with Crippen molar-refractivity contribution in [1.29, 1.82) is 0 Å². The zero-order chi connectivity index (χ0) is 13.3. The van der Waals surface area contributed by atoms with Crippen LogP contribution in [0.1, 0.15) is 15.9 Å². The third-order valence-corrected chi connectivity index (χ3v) is 3.35. The van der Waals surface area contributed by atoms with Gasteiger partial charge < -0.3 is 10.6 Å². The first-order chi connectivity index (χ1) is 8.38. The third kappa shape index (κ3) is 2.84. The number of hydrogen-bond acceptors (Lipinski definition) is 2. The summed E-state index contributed by atoms with van der Waals surface area (Å²) in [5.74, 6) is -0.500. The van der Waals surface area contributed by atoms with Crippen molar-refractivity contribution in [1.82, 2.24) is 10.6 Å². The van der Waals surface area contributed by atoms with Gasteiger partial charge >= 0.3 is 6.18 Å². The number of halogens is 4. The van der Waals surface area contributed by atoms with E-state index in [0.29, 0.717) is 17.6 Å². The van der Waals surface area contributed by atoms with Gasteiger partial charge in [-0.3, -0.25) is 4.79 Å². The first-order valence-electron chi connectivity index (χ1n) is 5.26. The molecule has 0 bridgehead atoms. The van der Waals surface area contributed by atoms with E-state index in [1.165, 1.54) is 6.07 Å². The van der Waals surface area contributed by atoms with E-state index in [4.69, 9.17) is 0 Å². The maximum atomic E-state index is 12.5. The van der Waals surface area contributed by atoms with Crippen LogP contribution in [0.5, 0.6) is 0 Å². The molecule has 3 nitrogen and oxygen atoms in total. The lowest BCUT2D eigenvalue weighted by molar-refractivity contribution is -0.137. The smallest absolute Gasteiger partial charge is 0.347 e. The molecule has 1 amide bonds. The molecule has 0 unspecified atom stereocenters. The normalized spacial score (nSPS) is 16.2. The van der Waals surface area contributed by atoms with Gasteiger partial charge in [-0.2, -0.15) is 13.2 Å². The SMILES string of the molecule is O=C(NC1CNC1)c1cc(C(F)(F)F)ccc1Br. The van der Waals surface area contributed by atoms with Gasteiger partial charge in [-0.25, -0.2) is 0 Å². The summed E-state index contributed by atoms with van der Waals surface area (Å²) in [5.41, 5.74) is -0.834. The van der Waals surface area contributed by atoms with E-state index >= 15 is 0 Å². The van der Waals surface area contributed by atoms with Crippen molar-refractivity contribution in [2.24, 2.45) is 0 Å². The molecule has 0 saturated carbocycles. The minimum Gasteiger partial charge on any atom is -0.347 e. The molecule has 0 spiro atoms. The number of benzene rings is 1. The van der Waals surface area contributed by atoms with Gasteiger partial charge in [0.2, 0.25) is 0 Å². The first kappa shape index (κ1) is 13.4. The second-order valence-electron chi connectivity index (χ2n) is 4.02. The molecule has 1 aliphatic rings. The predicted molar refractivity (Wildman–Crippen MR) is 63.3 cm³/mol. The summed E-state index contributed by atoms with van der Waals surface area (Å²) in [6, 6.07) is 3.01. The van der Waals surface area contributed by atoms with Crippen LogP contribution >= 0.6 is 15.9 Å². The number of carbonyl (C=O) groups excluding carboxylic acids is 1. The van der Waals surface area contributed by atoms with E-state index in [1.54, 1.807) is 0 Å². The van der Waals surface area contributed by atoms with Gasteiger partial charge in [-0.1, -0.05) is 0 Å². The average molecular weight is 323 g/mol. The van der Waals surface area contributed by atoms with Crippen LogP contribution in [0, 0.1) is 0 Å². The highest BCUT2D eigenvalue weighted by Crippen LogP contribution is 2.31. The molecule has 1 fully saturated rings. The molecule has 0 radical (unpaired) electrons. The van der Waals surface area contributed by atoms with E-state index < -0.39 is 17.6 Å². The van der Waals surface area contributed by atoms with Crippen molar-refractivity contribution in [2.45, 2.75) is 12.2 Å². The molecule has 1 heterocycles. The maximum Gasteiger partial charge on any atom is 0.416 e. The highest BCUT2D eigenvalue weighted by molar-refractivity contribution is 9.10. The highest BCUT2D eigenvalue weighted by Gasteiger charge is 2.32. The van der Waals surface area contributed by atoms with E-state index in [-0.39, 0.29) is 11.6 Å². The highest BCUT2D eigenvalue weighted by atomic mass is 79.9. The second kappa shape index (κ2) is 4.89. The summed E-state index contributed by atoms with van der Waals surface area (Å²) >= 11 is 3.08. The van der Waals surface area contributed by atoms with Crippen molar-refractivity contribution in [2.75, 3.05) is 13.1 Å². The van der Waals surface area contributed by atoms with E-state index in [1.807, 2.05) is 0 Å². The molecule has 0 atom stereocenters. The lowest BCUT2D eigenvalue weighted by Gasteiger charge is -2.28. The Morgan fingerprint density at radius 2 is 2.06 bits per heavy atom. The minimum atomic E-state index is -4.45. The fraction of sp³-hybridized carbons (Fsp3) is 0.364. The Balaban J connectivity index is 2.22. The summed E-state index contributed by atoms with van der Waals surface area (Å²) in [5, 5.41) is 5.62. The van der Waals surface area contributed by atoms with E-state index in [0.717, 1.165) is 12.1 Å². The van der Waals surface area contributed by atoms with Crippen LogP contribution in [0.25, 0.3) is 0 Å². The number of rotatable bonds is 2. The topological polar surface area (TPSA) is 41.1 Å². The van der Waals surface area contributed by atoms with Gasteiger partial charge in [0.15, 0.2) is 0 Å². The maximum absolute atomic E-state index is 12.5. The molecule has 7 heteroatoms. The monoisotopic (exact) mass is 322 g/mol. The van der Waals surface area contributed by atoms with Crippen molar-refractivity contribution in [3.63, 3.8) is 0 Å². The van der Waals surface area contributed by atoms with Crippen molar-refractivity contribution in [3.05, 3.63) is 33.8 Å². The minimum absolute atomic E-state index is 0.00303. The summed E-state index contributed by atoms with van der Waals surface area (Å²) in [6.45, 7) is 1.28. The standard InChI is InChI=1S/C11H10BrF3N2O/c12-9-2-1-6(11(13,14)15)3-8(9)10(18)17-7-4-16-5-7/h1-3,7,16H,4-5H2,(H,17,18). The molecule has 98 valence electrons. The molecule has 1 aromatic rings. The van der Waals surface area contributed by atoms with Crippen LogP contribution in [0.3, 0.4) is 0 Å². The summed E-state index contributed by atoms with van der Waals surface area (Å²) in [7, 11) is 0. The second-order valence-corrected chi connectivity index (χ2v) is 4.88. The molecule has 1 saturated heterocycles. The van der Waals surface area contributed by atoms with Gasteiger partial charge in [0, 0.05) is 17.6 Å². The Hall–Kier alpha value is -1.08. The molecule has 0 aromatic heterocycles. The summed E-state index contributed by atoms with van der Waals surface area (Å²) < 4.78 is 38.0. The lowest BCUT2D eigenvalue weighted by Crippen LogP contribution is -2.57. The first-order valence-corrected chi connectivity index (χ1v) is 6.05. The molecule has 2 rings (SSSR count). The quantitative estimate of drug-likeness (QED) is 0.876. The van der Waals surface area contributed by atoms with Crippen LogP contribution in [0.2, 0.25) is 0 Å². The van der Waals surface area contributed by atoms with E-state index in [9.17, 15) is 18.0 Å². The molecule has 18 heavy (non-hydrogen) atoms. The Bertz CT molecular complexity index is 472.